The molecule has 0 radical (unpaired) electrons. The van der Waals surface area contributed by atoms with Crippen LogP contribution in [0.25, 0.3) is 0 Å². The first-order chi connectivity index (χ1) is 8.11. The Kier molecular flexibility index (Phi) is 6.59. The van der Waals surface area contributed by atoms with E-state index in [1.807, 2.05) is 0 Å². The average molecular weight is 238 g/mol. The Morgan fingerprint density at radius 1 is 1.06 bits per heavy atom. The van der Waals surface area contributed by atoms with Gasteiger partial charge in [0.1, 0.15) is 0 Å². The van der Waals surface area contributed by atoms with Gasteiger partial charge in [0.05, 0.1) is 0 Å². The van der Waals surface area contributed by atoms with Crippen molar-refractivity contribution in [3.63, 3.8) is 0 Å². The van der Waals surface area contributed by atoms with Crippen molar-refractivity contribution in [2.45, 2.75) is 79.6 Å². The van der Waals surface area contributed by atoms with E-state index in [0.717, 1.165) is 29.6 Å². The first-order valence-corrected chi connectivity index (χ1v) is 8.11. The summed E-state index contributed by atoms with van der Waals surface area (Å²) in [6, 6.07) is 0. The summed E-state index contributed by atoms with van der Waals surface area (Å²) in [7, 11) is 0. The molecule has 0 heterocycles. The highest BCUT2D eigenvalue weighted by molar-refractivity contribution is 4.86. The van der Waals surface area contributed by atoms with E-state index in [1.54, 1.807) is 0 Å². The van der Waals surface area contributed by atoms with Crippen LogP contribution in [0.5, 0.6) is 0 Å². The molecule has 0 heteroatoms. The first-order valence-electron chi connectivity index (χ1n) is 8.11. The molecule has 1 aliphatic carbocycles. The highest BCUT2D eigenvalue weighted by Gasteiger charge is 2.36. The summed E-state index contributed by atoms with van der Waals surface area (Å²) in [5.41, 5.74) is 0. The first kappa shape index (κ1) is 15.1. The van der Waals surface area contributed by atoms with Gasteiger partial charge in [-0.2, -0.15) is 0 Å². The summed E-state index contributed by atoms with van der Waals surface area (Å²) in [6.45, 7) is 12.2. The minimum atomic E-state index is 0.948. The summed E-state index contributed by atoms with van der Waals surface area (Å²) in [4.78, 5) is 0. The summed E-state index contributed by atoms with van der Waals surface area (Å²) >= 11 is 0. The molecule has 102 valence electrons. The molecule has 1 rings (SSSR count). The lowest BCUT2D eigenvalue weighted by Gasteiger charge is -2.44. The zero-order valence-corrected chi connectivity index (χ0v) is 12.8. The highest BCUT2D eigenvalue weighted by Crippen LogP contribution is 2.45. The van der Waals surface area contributed by atoms with Gasteiger partial charge >= 0.3 is 0 Å². The fourth-order valence-electron chi connectivity index (χ4n) is 4.15. The zero-order valence-electron chi connectivity index (χ0n) is 12.8. The van der Waals surface area contributed by atoms with Gasteiger partial charge in [-0.1, -0.05) is 73.1 Å². The smallest absolute Gasteiger partial charge is 0.0332 e. The van der Waals surface area contributed by atoms with Crippen molar-refractivity contribution >= 4 is 0 Å². The van der Waals surface area contributed by atoms with Crippen LogP contribution in [-0.2, 0) is 0 Å². The van der Waals surface area contributed by atoms with Crippen LogP contribution in [0, 0.1) is 29.6 Å². The molecule has 0 aliphatic heterocycles. The molecule has 0 bridgehead atoms. The molecular weight excluding hydrogens is 204 g/mol. The van der Waals surface area contributed by atoms with Crippen LogP contribution < -0.4 is 0 Å². The summed E-state index contributed by atoms with van der Waals surface area (Å²) in [6.07, 6.45) is 10.1. The summed E-state index contributed by atoms with van der Waals surface area (Å²) in [5, 5.41) is 0. The molecule has 0 aromatic carbocycles. The van der Waals surface area contributed by atoms with Crippen molar-refractivity contribution in [3.05, 3.63) is 0 Å². The van der Waals surface area contributed by atoms with Gasteiger partial charge in [0.2, 0.25) is 0 Å². The number of hydrogen-bond donors (Lipinski definition) is 0. The Bertz CT molecular complexity index is 196. The second-order valence-electron chi connectivity index (χ2n) is 6.66. The van der Waals surface area contributed by atoms with Gasteiger partial charge in [-0.15, -0.1) is 0 Å². The summed E-state index contributed by atoms with van der Waals surface area (Å²) in [5.74, 6) is 4.89. The lowest BCUT2D eigenvalue weighted by atomic mass is 9.62. The fourth-order valence-corrected chi connectivity index (χ4v) is 4.15. The minimum Gasteiger partial charge on any atom is -0.0654 e. The Labute approximate surface area is 110 Å². The number of unbranched alkanes of at least 4 members (excludes halogenated alkanes) is 1. The van der Waals surface area contributed by atoms with Crippen molar-refractivity contribution < 1.29 is 0 Å². The highest BCUT2D eigenvalue weighted by atomic mass is 14.4. The van der Waals surface area contributed by atoms with E-state index in [0.29, 0.717) is 0 Å². The largest absolute Gasteiger partial charge is 0.0654 e. The van der Waals surface area contributed by atoms with Crippen LogP contribution in [0.2, 0.25) is 0 Å². The van der Waals surface area contributed by atoms with E-state index >= 15 is 0 Å². The molecule has 0 aromatic rings. The molecular formula is C17H34. The predicted octanol–water partition coefficient (Wildman–Crippen LogP) is 5.91. The predicted molar refractivity (Wildman–Crippen MR) is 78.1 cm³/mol. The molecule has 0 N–H and O–H groups in total. The van der Waals surface area contributed by atoms with Crippen LogP contribution in [-0.4, -0.2) is 0 Å². The van der Waals surface area contributed by atoms with Crippen LogP contribution in [0.1, 0.15) is 79.6 Å². The minimum absolute atomic E-state index is 0.948. The van der Waals surface area contributed by atoms with Gasteiger partial charge < -0.3 is 0 Å². The monoisotopic (exact) mass is 238 g/mol. The average Bonchev–Trinajstić information content (AvgIpc) is 2.31. The Morgan fingerprint density at radius 3 is 2.35 bits per heavy atom. The van der Waals surface area contributed by atoms with Gasteiger partial charge in [-0.05, 0) is 36.0 Å². The molecule has 1 fully saturated rings. The molecule has 0 amide bonds. The standard InChI is InChI=1S/C17H34/c1-6-8-10-14(4)17-15(5)13(3)11-12-16(17)9-7-2/h13-17H,6-12H2,1-5H3. The molecule has 0 spiro atoms. The third-order valence-electron chi connectivity index (χ3n) is 5.37. The normalized spacial score (nSPS) is 35.8. The van der Waals surface area contributed by atoms with Gasteiger partial charge in [0.25, 0.3) is 0 Å². The van der Waals surface area contributed by atoms with Gasteiger partial charge in [0, 0.05) is 0 Å². The molecule has 0 nitrogen and oxygen atoms in total. The van der Waals surface area contributed by atoms with E-state index < -0.39 is 0 Å². The van der Waals surface area contributed by atoms with E-state index in [9.17, 15) is 0 Å². The van der Waals surface area contributed by atoms with Crippen molar-refractivity contribution in [2.24, 2.45) is 29.6 Å². The van der Waals surface area contributed by atoms with Gasteiger partial charge in [-0.3, -0.25) is 0 Å². The third kappa shape index (κ3) is 4.00. The maximum Gasteiger partial charge on any atom is -0.0332 e. The van der Waals surface area contributed by atoms with Crippen LogP contribution in [0.15, 0.2) is 0 Å². The fraction of sp³-hybridized carbons (Fsp3) is 1.00. The Hall–Kier alpha value is 0. The van der Waals surface area contributed by atoms with Crippen molar-refractivity contribution in [1.82, 2.24) is 0 Å². The lowest BCUT2D eigenvalue weighted by molar-refractivity contribution is 0.0571. The van der Waals surface area contributed by atoms with E-state index in [-0.39, 0.29) is 0 Å². The maximum absolute atomic E-state index is 2.53. The molecule has 1 aliphatic rings. The van der Waals surface area contributed by atoms with Crippen molar-refractivity contribution in [3.8, 4) is 0 Å². The Morgan fingerprint density at radius 2 is 1.76 bits per heavy atom. The molecule has 1 saturated carbocycles. The van der Waals surface area contributed by atoms with Gasteiger partial charge in [0.15, 0.2) is 0 Å². The quantitative estimate of drug-likeness (QED) is 0.539. The second-order valence-corrected chi connectivity index (χ2v) is 6.66. The van der Waals surface area contributed by atoms with E-state index in [2.05, 4.69) is 34.6 Å². The number of rotatable bonds is 6. The molecule has 0 saturated heterocycles. The Balaban J connectivity index is 2.64. The maximum atomic E-state index is 2.53. The molecule has 0 aromatic heterocycles. The van der Waals surface area contributed by atoms with E-state index in [4.69, 9.17) is 0 Å². The van der Waals surface area contributed by atoms with Crippen molar-refractivity contribution in [1.29, 1.82) is 0 Å². The number of hydrogen-bond acceptors (Lipinski definition) is 0. The molecule has 17 heavy (non-hydrogen) atoms. The topological polar surface area (TPSA) is 0 Å². The third-order valence-corrected chi connectivity index (χ3v) is 5.37. The van der Waals surface area contributed by atoms with Crippen molar-refractivity contribution in [2.75, 3.05) is 0 Å². The second kappa shape index (κ2) is 7.44. The van der Waals surface area contributed by atoms with Crippen LogP contribution in [0.4, 0.5) is 0 Å². The molecule has 5 atom stereocenters. The SMILES string of the molecule is CCCCC(C)C1C(CCC)CCC(C)C1C. The van der Waals surface area contributed by atoms with Crippen LogP contribution in [0.3, 0.4) is 0 Å². The lowest BCUT2D eigenvalue weighted by Crippen LogP contribution is -2.36. The van der Waals surface area contributed by atoms with E-state index in [1.165, 1.54) is 44.9 Å². The zero-order chi connectivity index (χ0) is 12.8. The van der Waals surface area contributed by atoms with Gasteiger partial charge in [-0.25, -0.2) is 0 Å². The van der Waals surface area contributed by atoms with Crippen LogP contribution >= 0.6 is 0 Å². The molecule has 5 unspecified atom stereocenters. The summed E-state index contributed by atoms with van der Waals surface area (Å²) < 4.78 is 0.